The molecule has 0 aromatic heterocycles. The summed E-state index contributed by atoms with van der Waals surface area (Å²) in [6.45, 7) is 2.58. The summed E-state index contributed by atoms with van der Waals surface area (Å²) in [7, 11) is 0. The van der Waals surface area contributed by atoms with E-state index in [-0.39, 0.29) is 5.78 Å². The van der Waals surface area contributed by atoms with Gasteiger partial charge >= 0.3 is 0 Å². The molecule has 2 rings (SSSR count). The van der Waals surface area contributed by atoms with E-state index in [9.17, 15) is 4.79 Å². The molecule has 0 fully saturated rings. The van der Waals surface area contributed by atoms with Crippen LogP contribution in [-0.4, -0.2) is 12.4 Å². The Morgan fingerprint density at radius 3 is 2.63 bits per heavy atom. The van der Waals surface area contributed by atoms with Gasteiger partial charge in [-0.05, 0) is 30.7 Å². The normalized spacial score (nSPS) is 10.6. The third-order valence-electron chi connectivity index (χ3n) is 2.65. The van der Waals surface area contributed by atoms with E-state index in [1.807, 2.05) is 61.5 Å². The highest BCUT2D eigenvalue weighted by Gasteiger charge is 1.99. The van der Waals surface area contributed by atoms with Crippen molar-refractivity contribution in [1.82, 2.24) is 0 Å². The van der Waals surface area contributed by atoms with Crippen LogP contribution in [0.15, 0.2) is 60.7 Å². The van der Waals surface area contributed by atoms with Crippen molar-refractivity contribution in [3.05, 3.63) is 71.8 Å². The maximum atomic E-state index is 11.9. The molecular formula is C17H16O2. The number of hydrogen-bond donors (Lipinski definition) is 0. The van der Waals surface area contributed by atoms with Crippen molar-refractivity contribution < 1.29 is 9.53 Å². The summed E-state index contributed by atoms with van der Waals surface area (Å²) < 4.78 is 5.42. The van der Waals surface area contributed by atoms with Gasteiger partial charge in [-0.2, -0.15) is 0 Å². The van der Waals surface area contributed by atoms with Crippen molar-refractivity contribution >= 4 is 11.9 Å². The van der Waals surface area contributed by atoms with E-state index in [1.165, 1.54) is 0 Å². The lowest BCUT2D eigenvalue weighted by molar-refractivity contribution is 0.104. The minimum Gasteiger partial charge on any atom is -0.494 e. The second-order valence-corrected chi connectivity index (χ2v) is 4.07. The average molecular weight is 252 g/mol. The van der Waals surface area contributed by atoms with Crippen molar-refractivity contribution in [2.45, 2.75) is 6.92 Å². The van der Waals surface area contributed by atoms with Gasteiger partial charge in [-0.25, -0.2) is 0 Å². The van der Waals surface area contributed by atoms with Crippen LogP contribution in [0.5, 0.6) is 5.75 Å². The molecule has 19 heavy (non-hydrogen) atoms. The Balaban J connectivity index is 2.10. The van der Waals surface area contributed by atoms with Crippen molar-refractivity contribution in [1.29, 1.82) is 0 Å². The Morgan fingerprint density at radius 1 is 1.11 bits per heavy atom. The van der Waals surface area contributed by atoms with Crippen LogP contribution < -0.4 is 4.74 Å². The fraction of sp³-hybridized carbons (Fsp3) is 0.118. The summed E-state index contributed by atoms with van der Waals surface area (Å²) in [6, 6.07) is 16.9. The molecule has 0 saturated carbocycles. The number of ether oxygens (including phenoxy) is 1. The summed E-state index contributed by atoms with van der Waals surface area (Å²) in [6.07, 6.45) is 3.39. The van der Waals surface area contributed by atoms with Crippen molar-refractivity contribution in [3.63, 3.8) is 0 Å². The second-order valence-electron chi connectivity index (χ2n) is 4.07. The number of rotatable bonds is 5. The lowest BCUT2D eigenvalue weighted by Crippen LogP contribution is -1.93. The zero-order valence-electron chi connectivity index (χ0n) is 10.9. The molecule has 0 aliphatic rings. The molecule has 2 nitrogen and oxygen atoms in total. The first-order valence-electron chi connectivity index (χ1n) is 6.30. The van der Waals surface area contributed by atoms with E-state index in [0.29, 0.717) is 12.2 Å². The highest BCUT2D eigenvalue weighted by Crippen LogP contribution is 2.14. The van der Waals surface area contributed by atoms with E-state index >= 15 is 0 Å². The van der Waals surface area contributed by atoms with Crippen LogP contribution in [-0.2, 0) is 0 Å². The van der Waals surface area contributed by atoms with Gasteiger partial charge in [0.15, 0.2) is 5.78 Å². The molecule has 0 aliphatic heterocycles. The predicted molar refractivity (Wildman–Crippen MR) is 77.4 cm³/mol. The first-order valence-corrected chi connectivity index (χ1v) is 6.30. The van der Waals surface area contributed by atoms with Crippen molar-refractivity contribution in [3.8, 4) is 5.75 Å². The number of hydrogen-bond acceptors (Lipinski definition) is 2. The smallest absolute Gasteiger partial charge is 0.185 e. The third kappa shape index (κ3) is 3.81. The summed E-state index contributed by atoms with van der Waals surface area (Å²) in [5.41, 5.74) is 1.65. The molecule has 0 saturated heterocycles. The minimum atomic E-state index is 0.00223. The number of benzene rings is 2. The molecular weight excluding hydrogens is 236 g/mol. The van der Waals surface area contributed by atoms with Crippen LogP contribution in [0.1, 0.15) is 22.8 Å². The summed E-state index contributed by atoms with van der Waals surface area (Å²) in [4.78, 5) is 11.9. The maximum Gasteiger partial charge on any atom is 0.185 e. The fourth-order valence-electron chi connectivity index (χ4n) is 1.75. The molecule has 2 aromatic rings. The zero-order chi connectivity index (χ0) is 13.5. The summed E-state index contributed by atoms with van der Waals surface area (Å²) in [5, 5.41) is 0. The summed E-state index contributed by atoms with van der Waals surface area (Å²) in [5.74, 6) is 0.819. The minimum absolute atomic E-state index is 0.00223. The van der Waals surface area contributed by atoms with Gasteiger partial charge in [0.2, 0.25) is 0 Å². The second kappa shape index (κ2) is 6.55. The molecule has 0 heterocycles. The molecule has 2 aromatic carbocycles. The van der Waals surface area contributed by atoms with Crippen LogP contribution in [0.2, 0.25) is 0 Å². The lowest BCUT2D eigenvalue weighted by atomic mass is 10.1. The van der Waals surface area contributed by atoms with Crippen LogP contribution >= 0.6 is 0 Å². The number of carbonyl (C=O) groups is 1. The SMILES string of the molecule is CCOc1cccc(/C=C/C(=O)c2ccccc2)c1. The van der Waals surface area contributed by atoms with Gasteiger partial charge < -0.3 is 4.74 Å². The molecule has 0 bridgehead atoms. The average Bonchev–Trinajstić information content (AvgIpc) is 2.46. The van der Waals surface area contributed by atoms with Gasteiger partial charge in [-0.3, -0.25) is 4.79 Å². The van der Waals surface area contributed by atoms with Crippen molar-refractivity contribution in [2.24, 2.45) is 0 Å². The highest BCUT2D eigenvalue weighted by atomic mass is 16.5. The quantitative estimate of drug-likeness (QED) is 0.594. The molecule has 0 N–H and O–H groups in total. The van der Waals surface area contributed by atoms with Crippen LogP contribution in [0.3, 0.4) is 0 Å². The Bertz CT molecular complexity index is 571. The standard InChI is InChI=1S/C17H16O2/c1-2-19-16-10-6-7-14(13-16)11-12-17(18)15-8-4-3-5-9-15/h3-13H,2H2,1H3/b12-11+. The van der Waals surface area contributed by atoms with Crippen LogP contribution in [0.4, 0.5) is 0 Å². The van der Waals surface area contributed by atoms with E-state index in [1.54, 1.807) is 12.2 Å². The lowest BCUT2D eigenvalue weighted by Gasteiger charge is -2.03. The Hall–Kier alpha value is -2.35. The van der Waals surface area contributed by atoms with E-state index in [0.717, 1.165) is 11.3 Å². The highest BCUT2D eigenvalue weighted by molar-refractivity contribution is 6.06. The molecule has 0 unspecified atom stereocenters. The van der Waals surface area contributed by atoms with Crippen molar-refractivity contribution in [2.75, 3.05) is 6.61 Å². The molecule has 0 atom stereocenters. The number of ketones is 1. The largest absolute Gasteiger partial charge is 0.494 e. The van der Waals surface area contributed by atoms with Crippen LogP contribution in [0, 0.1) is 0 Å². The van der Waals surface area contributed by atoms with E-state index < -0.39 is 0 Å². The third-order valence-corrected chi connectivity index (χ3v) is 2.65. The monoisotopic (exact) mass is 252 g/mol. The van der Waals surface area contributed by atoms with E-state index in [2.05, 4.69) is 0 Å². The van der Waals surface area contributed by atoms with Gasteiger partial charge in [0.25, 0.3) is 0 Å². The first-order chi connectivity index (χ1) is 9.29. The molecule has 0 spiro atoms. The van der Waals surface area contributed by atoms with Gasteiger partial charge in [0.05, 0.1) is 6.61 Å². The first kappa shape index (κ1) is 13.1. The number of allylic oxidation sites excluding steroid dienone is 1. The predicted octanol–water partition coefficient (Wildman–Crippen LogP) is 3.98. The maximum absolute atomic E-state index is 11.9. The summed E-state index contributed by atoms with van der Waals surface area (Å²) >= 11 is 0. The molecule has 2 heteroatoms. The van der Waals surface area contributed by atoms with Gasteiger partial charge in [-0.1, -0.05) is 48.5 Å². The molecule has 0 aliphatic carbocycles. The van der Waals surface area contributed by atoms with E-state index in [4.69, 9.17) is 4.74 Å². The molecule has 0 radical (unpaired) electrons. The van der Waals surface area contributed by atoms with Gasteiger partial charge in [0, 0.05) is 5.56 Å². The van der Waals surface area contributed by atoms with Gasteiger partial charge in [-0.15, -0.1) is 0 Å². The fourth-order valence-corrected chi connectivity index (χ4v) is 1.75. The van der Waals surface area contributed by atoms with Gasteiger partial charge in [0.1, 0.15) is 5.75 Å². The topological polar surface area (TPSA) is 26.3 Å². The Kier molecular flexibility index (Phi) is 4.51. The Morgan fingerprint density at radius 2 is 1.89 bits per heavy atom. The molecule has 0 amide bonds. The Labute approximate surface area is 113 Å². The zero-order valence-corrected chi connectivity index (χ0v) is 10.9. The molecule has 96 valence electrons. The number of carbonyl (C=O) groups excluding carboxylic acids is 1. The van der Waals surface area contributed by atoms with Crippen LogP contribution in [0.25, 0.3) is 6.08 Å².